The number of likely N-dealkylation sites (tertiary alicyclic amines) is 1. The molecule has 61 heavy (non-hydrogen) atoms. The number of likely N-dealkylation sites (N-methyl/N-ethyl adjacent to an activating group) is 2. The molecule has 348 valence electrons. The van der Waals surface area contributed by atoms with E-state index in [1.807, 2.05) is 90.9 Å². The lowest BCUT2D eigenvalue weighted by Gasteiger charge is -2.42. The van der Waals surface area contributed by atoms with Crippen LogP contribution in [0.4, 0.5) is 0 Å². The molecule has 1 aromatic carbocycles. The molecule has 0 radical (unpaired) electrons. The van der Waals surface area contributed by atoms with E-state index < -0.39 is 48.5 Å². The topological polar surface area (TPSA) is 179 Å². The van der Waals surface area contributed by atoms with E-state index in [0.717, 1.165) is 18.4 Å². The molecule has 1 aliphatic rings. The van der Waals surface area contributed by atoms with Gasteiger partial charge in [-0.1, -0.05) is 92.1 Å². The lowest BCUT2D eigenvalue weighted by molar-refractivity contribution is -0.148. The third-order valence-electron chi connectivity index (χ3n) is 12.2. The molecule has 0 saturated carbocycles. The van der Waals surface area contributed by atoms with E-state index in [2.05, 4.69) is 16.0 Å². The second-order valence-corrected chi connectivity index (χ2v) is 17.6. The second kappa shape index (κ2) is 26.8. The summed E-state index contributed by atoms with van der Waals surface area (Å²) in [5.74, 6) is -2.16. The molecule has 2 rings (SSSR count). The Kier molecular flexibility index (Phi) is 23.5. The first-order valence-corrected chi connectivity index (χ1v) is 22.3. The fraction of sp³-hybridized carbons (Fsp3) is 0.761. The van der Waals surface area contributed by atoms with Gasteiger partial charge < -0.3 is 44.7 Å². The third-order valence-corrected chi connectivity index (χ3v) is 12.2. The first-order valence-electron chi connectivity index (χ1n) is 22.3. The molecule has 1 saturated heterocycles. The van der Waals surface area contributed by atoms with Crippen LogP contribution in [0.15, 0.2) is 30.3 Å². The maximum absolute atomic E-state index is 14.4. The van der Waals surface area contributed by atoms with E-state index in [-0.39, 0.29) is 85.8 Å². The van der Waals surface area contributed by atoms with Crippen LogP contribution in [0.25, 0.3) is 0 Å². The first kappa shape index (κ1) is 53.5. The van der Waals surface area contributed by atoms with Gasteiger partial charge in [0.25, 0.3) is 0 Å². The van der Waals surface area contributed by atoms with Crippen LogP contribution >= 0.6 is 0 Å². The number of nitrogens with zero attached hydrogens (tertiary/aromatic N) is 3. The minimum absolute atomic E-state index is 0.00601. The molecule has 1 heterocycles. The van der Waals surface area contributed by atoms with Gasteiger partial charge in [-0.2, -0.15) is 0 Å². The van der Waals surface area contributed by atoms with Crippen molar-refractivity contribution in [2.24, 2.45) is 23.7 Å². The van der Waals surface area contributed by atoms with Crippen LogP contribution in [0.1, 0.15) is 99.5 Å². The number of aliphatic hydroxyl groups is 1. The number of hydrogen-bond acceptors (Lipinski definition) is 11. The van der Waals surface area contributed by atoms with Crippen molar-refractivity contribution in [1.82, 2.24) is 30.7 Å². The number of aliphatic hydroxyl groups excluding tert-OH is 1. The van der Waals surface area contributed by atoms with Crippen molar-refractivity contribution >= 4 is 29.6 Å². The third kappa shape index (κ3) is 15.9. The summed E-state index contributed by atoms with van der Waals surface area (Å²) in [5, 5.41) is 20.3. The lowest BCUT2D eigenvalue weighted by atomic mass is 9.89. The van der Waals surface area contributed by atoms with Crippen LogP contribution in [0.5, 0.6) is 0 Å². The zero-order chi connectivity index (χ0) is 46.0. The van der Waals surface area contributed by atoms with Gasteiger partial charge in [0.05, 0.1) is 55.3 Å². The maximum atomic E-state index is 14.4. The van der Waals surface area contributed by atoms with Crippen molar-refractivity contribution < 1.29 is 43.3 Å². The molecule has 1 unspecified atom stereocenters. The van der Waals surface area contributed by atoms with Gasteiger partial charge in [0.2, 0.25) is 23.6 Å². The smallest absolute Gasteiger partial charge is 0.305 e. The Balaban J connectivity index is 2.27. The van der Waals surface area contributed by atoms with Crippen molar-refractivity contribution in [1.29, 1.82) is 0 Å². The van der Waals surface area contributed by atoms with Crippen molar-refractivity contribution in [2.75, 3.05) is 55.1 Å². The van der Waals surface area contributed by atoms with Gasteiger partial charge in [0.15, 0.2) is 0 Å². The molecule has 1 fully saturated rings. The molecular weight excluding hydrogens is 781 g/mol. The van der Waals surface area contributed by atoms with Gasteiger partial charge in [0, 0.05) is 47.2 Å². The Labute approximate surface area is 366 Å². The summed E-state index contributed by atoms with van der Waals surface area (Å²) < 4.78 is 17.2. The van der Waals surface area contributed by atoms with Gasteiger partial charge in [-0.3, -0.25) is 29.3 Å². The van der Waals surface area contributed by atoms with Crippen LogP contribution in [0.2, 0.25) is 0 Å². The molecule has 0 aromatic heterocycles. The standard InChI is InChI=1S/C46H80N6O9/c1-14-31(7)41(51(11)46(58)39(29(3)4)49-45(57)40(30(5)6)50(9)10)36(59-12)28-37(53)52-25-19-23-35(52)42(60-13)32(8)43(55)48-34(27-33-21-17-16-18-22-33)44(56)47-24-20-26-61-38(54)15-2/h16-18,21-22,29-32,34-36,39-42,45,49,57H,14-15,19-20,23-28H2,1-13H3,(H,47,56)(H,48,55)/t31-,32+,34-,35-,36+,39-,40-,41-,42+,45?/m0/s1. The van der Waals surface area contributed by atoms with Gasteiger partial charge in [-0.25, -0.2) is 0 Å². The summed E-state index contributed by atoms with van der Waals surface area (Å²) in [7, 11) is 8.66. The highest BCUT2D eigenvalue weighted by Gasteiger charge is 2.43. The van der Waals surface area contributed by atoms with Crippen LogP contribution in [-0.4, -0.2) is 153 Å². The van der Waals surface area contributed by atoms with Crippen molar-refractivity contribution in [2.45, 2.75) is 149 Å². The normalized spacial score (nSPS) is 18.8. The summed E-state index contributed by atoms with van der Waals surface area (Å²) in [6.07, 6.45) is 0.789. The zero-order valence-electron chi connectivity index (χ0n) is 39.4. The zero-order valence-corrected chi connectivity index (χ0v) is 39.4. The Morgan fingerprint density at radius 1 is 0.902 bits per heavy atom. The number of amides is 4. The number of carbonyl (C=O) groups is 5. The molecule has 4 N–H and O–H groups in total. The molecule has 4 amide bonds. The highest BCUT2D eigenvalue weighted by atomic mass is 16.5. The van der Waals surface area contributed by atoms with Crippen LogP contribution in [0.3, 0.4) is 0 Å². The number of methoxy groups -OCH3 is 2. The van der Waals surface area contributed by atoms with Gasteiger partial charge in [-0.15, -0.1) is 0 Å². The number of benzene rings is 1. The maximum Gasteiger partial charge on any atom is 0.305 e. The molecule has 0 aliphatic carbocycles. The molecule has 0 spiro atoms. The lowest BCUT2D eigenvalue weighted by Crippen LogP contribution is -2.61. The predicted octanol–water partition coefficient (Wildman–Crippen LogP) is 3.61. The van der Waals surface area contributed by atoms with Crippen molar-refractivity contribution in [3.63, 3.8) is 0 Å². The molecule has 15 nitrogen and oxygen atoms in total. The minimum atomic E-state index is -0.950. The van der Waals surface area contributed by atoms with Gasteiger partial charge in [0.1, 0.15) is 12.3 Å². The molecule has 1 aromatic rings. The van der Waals surface area contributed by atoms with Crippen molar-refractivity contribution in [3.8, 4) is 0 Å². The minimum Gasteiger partial charge on any atom is -0.466 e. The van der Waals surface area contributed by atoms with E-state index in [4.69, 9.17) is 14.2 Å². The highest BCUT2D eigenvalue weighted by Crippen LogP contribution is 2.30. The van der Waals surface area contributed by atoms with Crippen molar-refractivity contribution in [3.05, 3.63) is 35.9 Å². The first-order chi connectivity index (χ1) is 28.8. The number of rotatable bonds is 27. The summed E-state index contributed by atoms with van der Waals surface area (Å²) in [6, 6.07) is 6.77. The largest absolute Gasteiger partial charge is 0.466 e. The summed E-state index contributed by atoms with van der Waals surface area (Å²) in [5.41, 5.74) is 0.872. The Morgan fingerprint density at radius 3 is 2.10 bits per heavy atom. The van der Waals surface area contributed by atoms with E-state index in [1.54, 1.807) is 37.8 Å². The fourth-order valence-electron chi connectivity index (χ4n) is 8.66. The number of carbonyl (C=O) groups excluding carboxylic acids is 5. The predicted molar refractivity (Wildman–Crippen MR) is 237 cm³/mol. The average molecular weight is 861 g/mol. The van der Waals surface area contributed by atoms with Gasteiger partial charge >= 0.3 is 5.97 Å². The number of esters is 1. The summed E-state index contributed by atoms with van der Waals surface area (Å²) in [6.45, 7) is 16.4. The number of ether oxygens (including phenoxy) is 3. The summed E-state index contributed by atoms with van der Waals surface area (Å²) >= 11 is 0. The Hall–Kier alpha value is -3.63. The Morgan fingerprint density at radius 2 is 1.56 bits per heavy atom. The average Bonchev–Trinajstić information content (AvgIpc) is 3.71. The molecule has 1 aliphatic heterocycles. The van der Waals surface area contributed by atoms with E-state index >= 15 is 0 Å². The highest BCUT2D eigenvalue weighted by molar-refractivity contribution is 5.89. The number of nitrogens with one attached hydrogen (secondary N) is 3. The Bertz CT molecular complexity index is 1490. The summed E-state index contributed by atoms with van der Waals surface area (Å²) in [4.78, 5) is 73.1. The van der Waals surface area contributed by atoms with Crippen LogP contribution in [-0.2, 0) is 44.6 Å². The van der Waals surface area contributed by atoms with Gasteiger partial charge in [-0.05, 0) is 56.7 Å². The monoisotopic (exact) mass is 861 g/mol. The van der Waals surface area contributed by atoms with E-state index in [0.29, 0.717) is 19.4 Å². The van der Waals surface area contributed by atoms with E-state index in [1.165, 1.54) is 7.11 Å². The second-order valence-electron chi connectivity index (χ2n) is 17.6. The SMILES string of the molecule is CCC(=O)OCCCNC(=O)[C@H](Cc1ccccc1)NC(=O)[C@H](C)[C@@H](OC)[C@@H]1CCCN1C(=O)C[C@@H](OC)[C@H]([C@@H](C)CC)N(C)C(=O)[C@@H](NC(O)[C@H](C(C)C)N(C)C)C(C)C. The molecular formula is C46H80N6O9. The molecule has 15 heteroatoms. The fourth-order valence-corrected chi connectivity index (χ4v) is 8.66. The van der Waals surface area contributed by atoms with Crippen LogP contribution < -0.4 is 16.0 Å². The number of hydrogen-bond donors (Lipinski definition) is 4. The quantitative estimate of drug-likeness (QED) is 0.0577. The van der Waals surface area contributed by atoms with Crippen LogP contribution in [0, 0.1) is 23.7 Å². The van der Waals surface area contributed by atoms with E-state index in [9.17, 15) is 29.1 Å². The molecule has 0 bridgehead atoms. The molecule has 10 atom stereocenters.